The zero-order valence-electron chi connectivity index (χ0n) is 19.1. The fourth-order valence-corrected chi connectivity index (χ4v) is 4.25. The lowest BCUT2D eigenvalue weighted by atomic mass is 10.1. The molecule has 0 bridgehead atoms. The molecule has 35 heavy (non-hydrogen) atoms. The van der Waals surface area contributed by atoms with E-state index in [4.69, 9.17) is 25.8 Å². The first-order valence-corrected chi connectivity index (χ1v) is 11.6. The summed E-state index contributed by atoms with van der Waals surface area (Å²) in [5.74, 6) is 1.03. The summed E-state index contributed by atoms with van der Waals surface area (Å²) in [5.41, 5.74) is 3.13. The molecule has 4 aromatic rings. The van der Waals surface area contributed by atoms with Gasteiger partial charge < -0.3 is 23.7 Å². The van der Waals surface area contributed by atoms with E-state index in [1.807, 2.05) is 71.6 Å². The van der Waals surface area contributed by atoms with Crippen molar-refractivity contribution in [3.63, 3.8) is 0 Å². The number of benzene rings is 2. The third kappa shape index (κ3) is 4.95. The minimum absolute atomic E-state index is 0.00264. The molecule has 2 aromatic carbocycles. The van der Waals surface area contributed by atoms with Crippen LogP contribution in [-0.2, 0) is 11.3 Å². The lowest BCUT2D eigenvalue weighted by Gasteiger charge is -2.41. The van der Waals surface area contributed by atoms with E-state index >= 15 is 0 Å². The van der Waals surface area contributed by atoms with Gasteiger partial charge in [0.05, 0.1) is 48.4 Å². The summed E-state index contributed by atoms with van der Waals surface area (Å²) in [6.07, 6.45) is 7.20. The molecule has 1 fully saturated rings. The standard InChI is InChI=1S/C27H24ClN3O4/c1-33-27(32)23-7-4-8-25(26(23)30-12-2-3-13-30)31-16-22(17-31)35-20-10-9-19(24(28)14-20)18-34-21-6-5-11-29-15-21/h2-15,22H,16-18H2,1H3. The Morgan fingerprint density at radius 2 is 1.89 bits per heavy atom. The van der Waals surface area contributed by atoms with E-state index in [0.29, 0.717) is 41.8 Å². The molecule has 0 aliphatic carbocycles. The van der Waals surface area contributed by atoms with Gasteiger partial charge in [0.25, 0.3) is 0 Å². The summed E-state index contributed by atoms with van der Waals surface area (Å²) < 4.78 is 18.8. The zero-order valence-corrected chi connectivity index (χ0v) is 19.9. The van der Waals surface area contributed by atoms with Gasteiger partial charge in [0, 0.05) is 24.2 Å². The third-order valence-corrected chi connectivity index (χ3v) is 6.18. The highest BCUT2D eigenvalue weighted by molar-refractivity contribution is 6.31. The maximum atomic E-state index is 12.4. The lowest BCUT2D eigenvalue weighted by Crippen LogP contribution is -2.54. The molecule has 0 atom stereocenters. The monoisotopic (exact) mass is 489 g/mol. The molecular weight excluding hydrogens is 466 g/mol. The molecule has 7 nitrogen and oxygen atoms in total. The van der Waals surface area contributed by atoms with Crippen molar-refractivity contribution in [1.82, 2.24) is 9.55 Å². The molecule has 0 saturated carbocycles. The Hall–Kier alpha value is -3.97. The molecule has 3 heterocycles. The number of hydrogen-bond donors (Lipinski definition) is 0. The molecule has 0 amide bonds. The van der Waals surface area contributed by atoms with Crippen molar-refractivity contribution in [1.29, 1.82) is 0 Å². The van der Waals surface area contributed by atoms with Crippen LogP contribution in [0, 0.1) is 0 Å². The highest BCUT2D eigenvalue weighted by Gasteiger charge is 2.32. The van der Waals surface area contributed by atoms with Crippen LogP contribution in [0.5, 0.6) is 11.5 Å². The molecule has 5 rings (SSSR count). The molecule has 1 aliphatic rings. The number of rotatable bonds is 8. The van der Waals surface area contributed by atoms with Crippen LogP contribution in [0.3, 0.4) is 0 Å². The van der Waals surface area contributed by atoms with Crippen LogP contribution < -0.4 is 14.4 Å². The van der Waals surface area contributed by atoms with E-state index in [1.165, 1.54) is 7.11 Å². The number of halogens is 1. The normalized spacial score (nSPS) is 13.3. The van der Waals surface area contributed by atoms with Crippen molar-refractivity contribution in [2.24, 2.45) is 0 Å². The number of nitrogens with zero attached hydrogens (tertiary/aromatic N) is 3. The number of methoxy groups -OCH3 is 1. The van der Waals surface area contributed by atoms with E-state index in [9.17, 15) is 4.79 Å². The molecule has 0 radical (unpaired) electrons. The number of hydrogen-bond acceptors (Lipinski definition) is 6. The van der Waals surface area contributed by atoms with E-state index in [-0.39, 0.29) is 12.1 Å². The number of anilines is 1. The summed E-state index contributed by atoms with van der Waals surface area (Å²) in [6, 6.07) is 18.8. The molecule has 0 N–H and O–H groups in total. The van der Waals surface area contributed by atoms with Gasteiger partial charge in [-0.3, -0.25) is 4.98 Å². The first-order chi connectivity index (χ1) is 17.1. The van der Waals surface area contributed by atoms with E-state index in [0.717, 1.165) is 16.9 Å². The number of esters is 1. The van der Waals surface area contributed by atoms with Crippen LogP contribution in [0.2, 0.25) is 5.02 Å². The van der Waals surface area contributed by atoms with Gasteiger partial charge in [-0.2, -0.15) is 0 Å². The van der Waals surface area contributed by atoms with Gasteiger partial charge in [0.2, 0.25) is 0 Å². The van der Waals surface area contributed by atoms with Gasteiger partial charge in [0.15, 0.2) is 0 Å². The summed E-state index contributed by atoms with van der Waals surface area (Å²) in [4.78, 5) is 18.6. The number of pyridine rings is 1. The molecule has 0 unspecified atom stereocenters. The van der Waals surface area contributed by atoms with E-state index in [2.05, 4.69) is 9.88 Å². The van der Waals surface area contributed by atoms with Crippen molar-refractivity contribution >= 4 is 23.3 Å². The smallest absolute Gasteiger partial charge is 0.340 e. The minimum atomic E-state index is -0.369. The predicted molar refractivity (Wildman–Crippen MR) is 134 cm³/mol. The van der Waals surface area contributed by atoms with Crippen LogP contribution in [0.15, 0.2) is 85.5 Å². The largest absolute Gasteiger partial charge is 0.487 e. The number of aromatic nitrogens is 2. The van der Waals surface area contributed by atoms with Gasteiger partial charge in [0.1, 0.15) is 24.2 Å². The van der Waals surface area contributed by atoms with Crippen molar-refractivity contribution in [2.75, 3.05) is 25.1 Å². The number of carbonyl (C=O) groups excluding carboxylic acids is 1. The van der Waals surface area contributed by atoms with Crippen molar-refractivity contribution in [3.8, 4) is 17.2 Å². The number of ether oxygens (including phenoxy) is 3. The molecule has 8 heteroatoms. The minimum Gasteiger partial charge on any atom is -0.487 e. The summed E-state index contributed by atoms with van der Waals surface area (Å²) >= 11 is 6.47. The van der Waals surface area contributed by atoms with Gasteiger partial charge in [-0.05, 0) is 48.5 Å². The SMILES string of the molecule is COC(=O)c1cccc(N2CC(Oc3ccc(COc4cccnc4)c(Cl)c3)C2)c1-n1cccc1. The molecule has 1 aliphatic heterocycles. The molecule has 1 saturated heterocycles. The van der Waals surface area contributed by atoms with Crippen LogP contribution in [0.1, 0.15) is 15.9 Å². The van der Waals surface area contributed by atoms with Crippen LogP contribution in [0.25, 0.3) is 5.69 Å². The maximum absolute atomic E-state index is 12.4. The first kappa shape index (κ1) is 22.8. The quantitative estimate of drug-likeness (QED) is 0.318. The zero-order chi connectivity index (χ0) is 24.2. The van der Waals surface area contributed by atoms with Gasteiger partial charge >= 0.3 is 5.97 Å². The highest BCUT2D eigenvalue weighted by Crippen LogP contribution is 2.33. The second kappa shape index (κ2) is 10.1. The Kier molecular flexibility index (Phi) is 6.59. The fraction of sp³-hybridized carbons (Fsp3) is 0.185. The Morgan fingerprint density at radius 3 is 2.60 bits per heavy atom. The number of para-hydroxylation sites is 1. The predicted octanol–water partition coefficient (Wildman–Crippen LogP) is 5.16. The van der Waals surface area contributed by atoms with Crippen LogP contribution in [0.4, 0.5) is 5.69 Å². The Balaban J connectivity index is 1.25. The topological polar surface area (TPSA) is 65.8 Å². The van der Waals surface area contributed by atoms with Gasteiger partial charge in [-0.25, -0.2) is 4.79 Å². The lowest BCUT2D eigenvalue weighted by molar-refractivity contribution is 0.0600. The first-order valence-electron chi connectivity index (χ1n) is 11.2. The summed E-state index contributed by atoms with van der Waals surface area (Å²) in [5, 5.41) is 0.586. The fourth-order valence-electron chi connectivity index (χ4n) is 4.03. The average Bonchev–Trinajstić information content (AvgIpc) is 3.40. The third-order valence-electron chi connectivity index (χ3n) is 5.83. The Bertz CT molecular complexity index is 1310. The van der Waals surface area contributed by atoms with Crippen molar-refractivity contribution in [2.45, 2.75) is 12.7 Å². The van der Waals surface area contributed by atoms with Gasteiger partial charge in [-0.15, -0.1) is 0 Å². The molecule has 0 spiro atoms. The number of carbonyl (C=O) groups is 1. The van der Waals surface area contributed by atoms with Crippen molar-refractivity contribution < 1.29 is 19.0 Å². The Labute approximate surface area is 208 Å². The van der Waals surface area contributed by atoms with Crippen molar-refractivity contribution in [3.05, 3.63) is 102 Å². The van der Waals surface area contributed by atoms with Gasteiger partial charge in [-0.1, -0.05) is 23.7 Å². The van der Waals surface area contributed by atoms with E-state index in [1.54, 1.807) is 18.5 Å². The van der Waals surface area contributed by atoms with Crippen LogP contribution in [-0.4, -0.2) is 41.8 Å². The molecular formula is C27H24ClN3O4. The maximum Gasteiger partial charge on any atom is 0.340 e. The second-order valence-electron chi connectivity index (χ2n) is 8.13. The Morgan fingerprint density at radius 1 is 1.06 bits per heavy atom. The summed E-state index contributed by atoms with van der Waals surface area (Å²) in [6.45, 7) is 1.71. The molecule has 178 valence electrons. The van der Waals surface area contributed by atoms with Crippen LogP contribution >= 0.6 is 11.6 Å². The average molecular weight is 490 g/mol. The van der Waals surface area contributed by atoms with E-state index < -0.39 is 0 Å². The second-order valence-corrected chi connectivity index (χ2v) is 8.54. The highest BCUT2D eigenvalue weighted by atomic mass is 35.5. The molecule has 2 aromatic heterocycles. The summed E-state index contributed by atoms with van der Waals surface area (Å²) in [7, 11) is 1.39.